The van der Waals surface area contributed by atoms with Crippen LogP contribution in [0.4, 0.5) is 0 Å². The zero-order chi connectivity index (χ0) is 6.69. The molecule has 1 aromatic carbocycles. The molecule has 1 aromatic rings. The predicted molar refractivity (Wildman–Crippen MR) is 43.7 cm³/mol. The molecule has 0 bridgehead atoms. The summed E-state index contributed by atoms with van der Waals surface area (Å²) in [7, 11) is 0. The largest absolute Gasteiger partial charge is 0.274 e. The van der Waals surface area contributed by atoms with E-state index in [0.717, 1.165) is 9.79 Å². The number of thiol groups is 1. The first-order valence-corrected chi connectivity index (χ1v) is 3.82. The lowest BCUT2D eigenvalue weighted by Gasteiger charge is -1.96. The third-order valence-corrected chi connectivity index (χ3v) is 2.14. The lowest BCUT2D eigenvalue weighted by molar-refractivity contribution is 1.26. The van der Waals surface area contributed by atoms with Crippen LogP contribution in [0, 0.1) is 0 Å². The number of hydrogen-bond donors (Lipinski definition) is 2. The SMILES string of the molecule is NSc1ccccc1S. The third kappa shape index (κ3) is 1.64. The Kier molecular flexibility index (Phi) is 2.45. The van der Waals surface area contributed by atoms with E-state index in [2.05, 4.69) is 12.6 Å². The van der Waals surface area contributed by atoms with Gasteiger partial charge in [0.05, 0.1) is 0 Å². The monoisotopic (exact) mass is 157 g/mol. The van der Waals surface area contributed by atoms with E-state index in [-0.39, 0.29) is 0 Å². The third-order valence-electron chi connectivity index (χ3n) is 0.992. The van der Waals surface area contributed by atoms with Gasteiger partial charge in [-0.2, -0.15) is 0 Å². The van der Waals surface area contributed by atoms with Gasteiger partial charge in [-0.15, -0.1) is 12.6 Å². The molecule has 0 atom stereocenters. The summed E-state index contributed by atoms with van der Waals surface area (Å²) in [6, 6.07) is 7.72. The zero-order valence-corrected chi connectivity index (χ0v) is 6.45. The quantitative estimate of drug-likeness (QED) is 0.481. The first kappa shape index (κ1) is 6.99. The van der Waals surface area contributed by atoms with E-state index in [1.165, 1.54) is 11.9 Å². The average molecular weight is 157 g/mol. The molecule has 0 fully saturated rings. The molecule has 0 spiro atoms. The van der Waals surface area contributed by atoms with Gasteiger partial charge < -0.3 is 0 Å². The van der Waals surface area contributed by atoms with Crippen LogP contribution in [-0.4, -0.2) is 0 Å². The highest BCUT2D eigenvalue weighted by molar-refractivity contribution is 7.97. The van der Waals surface area contributed by atoms with Crippen molar-refractivity contribution in [2.75, 3.05) is 0 Å². The average Bonchev–Trinajstić information content (AvgIpc) is 1.89. The van der Waals surface area contributed by atoms with Crippen molar-refractivity contribution in [1.29, 1.82) is 0 Å². The molecule has 9 heavy (non-hydrogen) atoms. The van der Waals surface area contributed by atoms with Crippen LogP contribution in [0.5, 0.6) is 0 Å². The maximum Gasteiger partial charge on any atom is 0.0359 e. The van der Waals surface area contributed by atoms with Crippen molar-refractivity contribution in [2.24, 2.45) is 5.14 Å². The van der Waals surface area contributed by atoms with Crippen LogP contribution in [0.1, 0.15) is 0 Å². The minimum atomic E-state index is 0.935. The second kappa shape index (κ2) is 3.15. The summed E-state index contributed by atoms with van der Waals surface area (Å²) in [6.45, 7) is 0. The summed E-state index contributed by atoms with van der Waals surface area (Å²) in [4.78, 5) is 1.95. The summed E-state index contributed by atoms with van der Waals surface area (Å²) >= 11 is 5.40. The summed E-state index contributed by atoms with van der Waals surface area (Å²) in [5.41, 5.74) is 0. The highest BCUT2D eigenvalue weighted by Gasteiger charge is 1.91. The summed E-state index contributed by atoms with van der Waals surface area (Å²) < 4.78 is 0. The van der Waals surface area contributed by atoms with E-state index >= 15 is 0 Å². The summed E-state index contributed by atoms with van der Waals surface area (Å²) in [6.07, 6.45) is 0. The van der Waals surface area contributed by atoms with Crippen LogP contribution in [0.15, 0.2) is 34.1 Å². The fraction of sp³-hybridized carbons (Fsp3) is 0. The molecule has 0 amide bonds. The fourth-order valence-corrected chi connectivity index (χ4v) is 1.22. The lowest BCUT2D eigenvalue weighted by atomic mass is 10.4. The van der Waals surface area contributed by atoms with Crippen LogP contribution in [0.25, 0.3) is 0 Å². The van der Waals surface area contributed by atoms with E-state index in [0.29, 0.717) is 0 Å². The van der Waals surface area contributed by atoms with Gasteiger partial charge in [-0.3, -0.25) is 5.14 Å². The molecular formula is C6H7NS2. The number of rotatable bonds is 1. The van der Waals surface area contributed by atoms with E-state index in [4.69, 9.17) is 5.14 Å². The molecule has 2 N–H and O–H groups in total. The van der Waals surface area contributed by atoms with Crippen LogP contribution < -0.4 is 5.14 Å². The van der Waals surface area contributed by atoms with Gasteiger partial charge in [-0.05, 0) is 24.1 Å². The van der Waals surface area contributed by atoms with Gasteiger partial charge in [-0.25, -0.2) is 0 Å². The molecule has 0 radical (unpaired) electrons. The molecule has 0 aliphatic heterocycles. The van der Waals surface area contributed by atoms with E-state index in [1.54, 1.807) is 0 Å². The molecule has 3 heteroatoms. The van der Waals surface area contributed by atoms with Crippen molar-refractivity contribution in [3.8, 4) is 0 Å². The van der Waals surface area contributed by atoms with Crippen LogP contribution >= 0.6 is 24.6 Å². The molecule has 0 aliphatic rings. The van der Waals surface area contributed by atoms with Gasteiger partial charge in [0, 0.05) is 9.79 Å². The van der Waals surface area contributed by atoms with E-state index in [1.807, 2.05) is 24.3 Å². The molecule has 1 rings (SSSR count). The van der Waals surface area contributed by atoms with Crippen molar-refractivity contribution in [3.05, 3.63) is 24.3 Å². The normalized spacial score (nSPS) is 9.56. The van der Waals surface area contributed by atoms with Gasteiger partial charge in [-0.1, -0.05) is 12.1 Å². The van der Waals surface area contributed by atoms with Gasteiger partial charge in [0.1, 0.15) is 0 Å². The van der Waals surface area contributed by atoms with Gasteiger partial charge in [0.2, 0.25) is 0 Å². The minimum Gasteiger partial charge on any atom is -0.274 e. The molecular weight excluding hydrogens is 150 g/mol. The van der Waals surface area contributed by atoms with Crippen molar-refractivity contribution >= 4 is 24.6 Å². The highest BCUT2D eigenvalue weighted by Crippen LogP contribution is 2.19. The Morgan fingerprint density at radius 2 is 2.00 bits per heavy atom. The molecule has 48 valence electrons. The molecule has 0 saturated carbocycles. The second-order valence-corrected chi connectivity index (χ2v) is 2.74. The highest BCUT2D eigenvalue weighted by atomic mass is 32.2. The Balaban J connectivity index is 3.01. The Morgan fingerprint density at radius 3 is 2.44 bits per heavy atom. The molecule has 0 unspecified atom stereocenters. The second-order valence-electron chi connectivity index (χ2n) is 1.59. The Hall–Kier alpha value is -0.120. The van der Waals surface area contributed by atoms with E-state index in [9.17, 15) is 0 Å². The van der Waals surface area contributed by atoms with Gasteiger partial charge in [0.25, 0.3) is 0 Å². The summed E-state index contributed by atoms with van der Waals surface area (Å²) in [5.74, 6) is 0. The van der Waals surface area contributed by atoms with Crippen molar-refractivity contribution < 1.29 is 0 Å². The molecule has 0 heterocycles. The number of nitrogens with two attached hydrogens (primary N) is 1. The van der Waals surface area contributed by atoms with Gasteiger partial charge in [0.15, 0.2) is 0 Å². The first-order valence-electron chi connectivity index (χ1n) is 2.49. The van der Waals surface area contributed by atoms with Crippen molar-refractivity contribution in [3.63, 3.8) is 0 Å². The molecule has 0 aromatic heterocycles. The summed E-state index contributed by atoms with van der Waals surface area (Å²) in [5, 5.41) is 5.32. The maximum absolute atomic E-state index is 5.32. The zero-order valence-electron chi connectivity index (χ0n) is 4.74. The Labute approximate surface area is 64.2 Å². The maximum atomic E-state index is 5.32. The topological polar surface area (TPSA) is 26.0 Å². The standard InChI is InChI=1S/C6H7NS2/c7-9-6-4-2-1-3-5(6)8/h1-4,8H,7H2. The number of benzene rings is 1. The Morgan fingerprint density at radius 1 is 1.33 bits per heavy atom. The molecule has 1 nitrogen and oxygen atoms in total. The molecule has 0 saturated heterocycles. The minimum absolute atomic E-state index is 0.935. The molecule has 0 aliphatic carbocycles. The van der Waals surface area contributed by atoms with Crippen molar-refractivity contribution in [1.82, 2.24) is 0 Å². The fourth-order valence-electron chi connectivity index (χ4n) is 0.557. The lowest BCUT2D eigenvalue weighted by Crippen LogP contribution is -1.79. The van der Waals surface area contributed by atoms with E-state index < -0.39 is 0 Å². The van der Waals surface area contributed by atoms with Crippen LogP contribution in [0.2, 0.25) is 0 Å². The number of hydrogen-bond acceptors (Lipinski definition) is 3. The van der Waals surface area contributed by atoms with Gasteiger partial charge >= 0.3 is 0 Å². The smallest absolute Gasteiger partial charge is 0.0359 e. The first-order chi connectivity index (χ1) is 4.34. The van der Waals surface area contributed by atoms with Crippen molar-refractivity contribution in [2.45, 2.75) is 9.79 Å². The van der Waals surface area contributed by atoms with Crippen LogP contribution in [-0.2, 0) is 0 Å². The Bertz CT molecular complexity index is 200. The predicted octanol–water partition coefficient (Wildman–Crippen LogP) is 1.94. The van der Waals surface area contributed by atoms with Crippen LogP contribution in [0.3, 0.4) is 0 Å².